The molecule has 0 saturated heterocycles. The van der Waals surface area contributed by atoms with E-state index < -0.39 is 22.9 Å². The Bertz CT molecular complexity index is 1140. The summed E-state index contributed by atoms with van der Waals surface area (Å²) in [6, 6.07) is 5.49. The molecule has 0 aliphatic rings. The van der Waals surface area contributed by atoms with E-state index in [1.807, 2.05) is 13.8 Å². The van der Waals surface area contributed by atoms with Crippen LogP contribution in [0.15, 0.2) is 33.5 Å². The number of hydrogen-bond donors (Lipinski definition) is 2. The van der Waals surface area contributed by atoms with Crippen molar-refractivity contribution >= 4 is 22.3 Å². The van der Waals surface area contributed by atoms with E-state index in [1.165, 1.54) is 19.1 Å². The lowest BCUT2D eigenvalue weighted by atomic mass is 10.1. The highest BCUT2D eigenvalue weighted by Crippen LogP contribution is 2.33. The highest BCUT2D eigenvalue weighted by atomic mass is 19.1. The number of unbranched alkanes of at least 4 members (excludes halogenated alkanes) is 2. The van der Waals surface area contributed by atoms with Crippen molar-refractivity contribution in [1.29, 1.82) is 0 Å². The van der Waals surface area contributed by atoms with Crippen LogP contribution in [0.25, 0.3) is 22.3 Å². The molecule has 7 heteroatoms. The first-order valence-electron chi connectivity index (χ1n) is 10.6. The van der Waals surface area contributed by atoms with E-state index in [0.29, 0.717) is 18.8 Å². The predicted molar refractivity (Wildman–Crippen MR) is 119 cm³/mol. The van der Waals surface area contributed by atoms with E-state index in [0.717, 1.165) is 31.7 Å². The Morgan fingerprint density at radius 3 is 2.39 bits per heavy atom. The third kappa shape index (κ3) is 4.70. The maximum atomic E-state index is 14.9. The van der Waals surface area contributed by atoms with Crippen molar-refractivity contribution in [2.45, 2.75) is 46.5 Å². The topological polar surface area (TPSA) is 54.3 Å². The van der Waals surface area contributed by atoms with Crippen LogP contribution in [0.2, 0.25) is 0 Å². The summed E-state index contributed by atoms with van der Waals surface area (Å²) in [7, 11) is 0. The maximum Gasteiger partial charge on any atom is 0.195 e. The van der Waals surface area contributed by atoms with Gasteiger partial charge in [0.05, 0.1) is 16.8 Å². The Morgan fingerprint density at radius 2 is 1.71 bits per heavy atom. The lowest BCUT2D eigenvalue weighted by Gasteiger charge is -2.14. The van der Waals surface area contributed by atoms with Crippen molar-refractivity contribution in [3.8, 4) is 11.3 Å². The molecule has 3 aromatic rings. The summed E-state index contributed by atoms with van der Waals surface area (Å²) < 4.78 is 49.7. The monoisotopic (exact) mass is 432 g/mol. The van der Waals surface area contributed by atoms with E-state index in [4.69, 9.17) is 4.42 Å². The van der Waals surface area contributed by atoms with Crippen LogP contribution in [-0.4, -0.2) is 13.1 Å². The van der Waals surface area contributed by atoms with E-state index >= 15 is 0 Å². The van der Waals surface area contributed by atoms with E-state index in [9.17, 15) is 18.0 Å². The highest BCUT2D eigenvalue weighted by molar-refractivity contribution is 5.92. The van der Waals surface area contributed by atoms with Crippen LogP contribution in [0.4, 0.5) is 24.5 Å². The van der Waals surface area contributed by atoms with Crippen LogP contribution in [0.1, 0.15) is 45.1 Å². The molecule has 0 bridgehead atoms. The van der Waals surface area contributed by atoms with Crippen molar-refractivity contribution in [1.82, 2.24) is 0 Å². The minimum absolute atomic E-state index is 0.0142. The van der Waals surface area contributed by atoms with Gasteiger partial charge in [-0.05, 0) is 38.0 Å². The van der Waals surface area contributed by atoms with Gasteiger partial charge in [0, 0.05) is 30.3 Å². The van der Waals surface area contributed by atoms with E-state index in [1.54, 1.807) is 6.07 Å². The van der Waals surface area contributed by atoms with Crippen LogP contribution < -0.4 is 16.1 Å². The molecule has 166 valence electrons. The molecule has 0 radical (unpaired) electrons. The third-order valence-electron chi connectivity index (χ3n) is 5.18. The third-order valence-corrected chi connectivity index (χ3v) is 5.18. The Kier molecular flexibility index (Phi) is 7.25. The molecular formula is C24H27F3N2O2. The molecule has 0 fully saturated rings. The average molecular weight is 432 g/mol. The lowest BCUT2D eigenvalue weighted by molar-refractivity contribution is 0.536. The molecule has 31 heavy (non-hydrogen) atoms. The number of halogens is 3. The molecule has 4 nitrogen and oxygen atoms in total. The van der Waals surface area contributed by atoms with E-state index in [-0.39, 0.29) is 33.5 Å². The number of anilines is 2. The van der Waals surface area contributed by atoms with Crippen molar-refractivity contribution in [3.05, 3.63) is 57.5 Å². The zero-order chi connectivity index (χ0) is 22.5. The maximum absolute atomic E-state index is 14.9. The zero-order valence-electron chi connectivity index (χ0n) is 18.0. The lowest BCUT2D eigenvalue weighted by Crippen LogP contribution is -2.12. The number of fused-ring (bicyclic) bond motifs is 1. The van der Waals surface area contributed by atoms with Crippen LogP contribution in [0.5, 0.6) is 0 Å². The quantitative estimate of drug-likeness (QED) is 0.374. The second-order valence-electron chi connectivity index (χ2n) is 7.56. The number of rotatable bonds is 9. The van der Waals surface area contributed by atoms with Crippen molar-refractivity contribution in [3.63, 3.8) is 0 Å². The van der Waals surface area contributed by atoms with Gasteiger partial charge in [-0.3, -0.25) is 4.79 Å². The summed E-state index contributed by atoms with van der Waals surface area (Å²) in [5.74, 6) is -2.24. The molecule has 0 atom stereocenters. The van der Waals surface area contributed by atoms with Crippen LogP contribution >= 0.6 is 0 Å². The van der Waals surface area contributed by atoms with Gasteiger partial charge in [0.25, 0.3) is 0 Å². The fraction of sp³-hybridized carbons (Fsp3) is 0.375. The van der Waals surface area contributed by atoms with Crippen molar-refractivity contribution < 1.29 is 17.6 Å². The van der Waals surface area contributed by atoms with E-state index in [2.05, 4.69) is 10.6 Å². The molecule has 0 saturated carbocycles. The number of hydrogen-bond acceptors (Lipinski definition) is 4. The van der Waals surface area contributed by atoms with Gasteiger partial charge >= 0.3 is 0 Å². The van der Waals surface area contributed by atoms with Gasteiger partial charge in [0.15, 0.2) is 22.6 Å². The van der Waals surface area contributed by atoms with Crippen molar-refractivity contribution in [2.75, 3.05) is 23.7 Å². The fourth-order valence-corrected chi connectivity index (χ4v) is 3.42. The van der Waals surface area contributed by atoms with Gasteiger partial charge in [-0.15, -0.1) is 0 Å². The molecule has 0 aliphatic heterocycles. The summed E-state index contributed by atoms with van der Waals surface area (Å²) in [5.41, 5.74) is -0.617. The second kappa shape index (κ2) is 9.90. The molecule has 0 aliphatic carbocycles. The summed E-state index contributed by atoms with van der Waals surface area (Å²) in [4.78, 5) is 12.9. The Labute approximate surface area is 179 Å². The number of benzene rings is 2. The first kappa shape index (κ1) is 22.7. The van der Waals surface area contributed by atoms with Gasteiger partial charge in [0.1, 0.15) is 11.6 Å². The minimum Gasteiger partial charge on any atom is -0.453 e. The molecular weight excluding hydrogens is 405 g/mol. The van der Waals surface area contributed by atoms with Gasteiger partial charge in [-0.1, -0.05) is 26.7 Å². The van der Waals surface area contributed by atoms with Gasteiger partial charge in [0.2, 0.25) is 0 Å². The summed E-state index contributed by atoms with van der Waals surface area (Å²) >= 11 is 0. The normalized spacial score (nSPS) is 11.2. The molecule has 0 unspecified atom stereocenters. The Balaban J connectivity index is 2.09. The van der Waals surface area contributed by atoms with Crippen molar-refractivity contribution in [2.24, 2.45) is 0 Å². The average Bonchev–Trinajstić information content (AvgIpc) is 2.76. The summed E-state index contributed by atoms with van der Waals surface area (Å²) in [6.45, 7) is 6.37. The second-order valence-corrected chi connectivity index (χ2v) is 7.56. The molecule has 2 N–H and O–H groups in total. The largest absolute Gasteiger partial charge is 0.453 e. The molecule has 1 aromatic heterocycles. The molecule has 2 aromatic carbocycles. The van der Waals surface area contributed by atoms with Gasteiger partial charge < -0.3 is 15.1 Å². The van der Waals surface area contributed by atoms with Crippen LogP contribution in [0.3, 0.4) is 0 Å². The molecule has 3 rings (SSSR count). The Morgan fingerprint density at radius 1 is 0.935 bits per heavy atom. The highest BCUT2D eigenvalue weighted by Gasteiger charge is 2.22. The molecule has 0 spiro atoms. The van der Waals surface area contributed by atoms with Crippen LogP contribution in [-0.2, 0) is 0 Å². The van der Waals surface area contributed by atoms with Gasteiger partial charge in [-0.25, -0.2) is 13.2 Å². The summed E-state index contributed by atoms with van der Waals surface area (Å²) in [6.07, 6.45) is 3.56. The van der Waals surface area contributed by atoms with Gasteiger partial charge in [-0.2, -0.15) is 0 Å². The van der Waals surface area contributed by atoms with Crippen LogP contribution in [0, 0.1) is 24.4 Å². The summed E-state index contributed by atoms with van der Waals surface area (Å²) in [5, 5.41) is 5.71. The number of nitrogens with one attached hydrogen (secondary N) is 2. The predicted octanol–water partition coefficient (Wildman–Crippen LogP) is 6.61. The Hall–Kier alpha value is -2.96. The fourth-order valence-electron chi connectivity index (χ4n) is 3.42. The SMILES string of the molecule is CCCCCNc1c(F)c(C)c(F)c2oc(-c3ccc(NCCC)c(F)c3)cc(=O)c12. The molecule has 0 amide bonds. The molecule has 1 heterocycles. The zero-order valence-corrected chi connectivity index (χ0v) is 18.0. The standard InChI is InChI=1S/C24H27F3N2O2/c1-4-6-7-11-29-23-20-18(30)13-19(31-24(20)22(27)14(3)21(23)26)15-8-9-17(16(25)12-15)28-10-5-2/h8-9,12-13,28-29H,4-7,10-11H2,1-3H3. The smallest absolute Gasteiger partial charge is 0.195 e. The first-order chi connectivity index (χ1) is 14.9. The first-order valence-corrected chi connectivity index (χ1v) is 10.6. The minimum atomic E-state index is -0.938.